The monoisotopic (exact) mass is 569 g/mol. The molecule has 0 bridgehead atoms. The number of aliphatic imine (C=N–C) groups is 1. The smallest absolute Gasteiger partial charge is 0.254 e. The maximum Gasteiger partial charge on any atom is 0.254 e. The quantitative estimate of drug-likeness (QED) is 0.272. The number of nitrogens with one attached hydrogen (secondary N) is 3. The van der Waals surface area contributed by atoms with Crippen LogP contribution in [-0.4, -0.2) is 54.9 Å². The second-order valence-electron chi connectivity index (χ2n) is 7.73. The molecular formula is C23H32IN5O2S. The lowest BCUT2D eigenvalue weighted by Gasteiger charge is -2.26. The van der Waals surface area contributed by atoms with Crippen LogP contribution in [0.25, 0.3) is 0 Å². The number of nitrogens with zero attached hydrogens (tertiary/aromatic N) is 2. The molecule has 32 heavy (non-hydrogen) atoms. The Balaban J connectivity index is 0.00000363. The van der Waals surface area contributed by atoms with Crippen molar-refractivity contribution < 1.29 is 9.59 Å². The summed E-state index contributed by atoms with van der Waals surface area (Å²) in [5, 5.41) is 9.50. The number of hydrogen-bond acceptors (Lipinski definition) is 4. The van der Waals surface area contributed by atoms with Gasteiger partial charge in [0.2, 0.25) is 5.91 Å². The van der Waals surface area contributed by atoms with E-state index in [-0.39, 0.29) is 48.4 Å². The van der Waals surface area contributed by atoms with Gasteiger partial charge in [-0.1, -0.05) is 12.1 Å². The zero-order valence-electron chi connectivity index (χ0n) is 18.8. The van der Waals surface area contributed by atoms with Crippen molar-refractivity contribution in [2.24, 2.45) is 4.99 Å². The van der Waals surface area contributed by atoms with E-state index in [1.165, 1.54) is 9.75 Å². The van der Waals surface area contributed by atoms with Gasteiger partial charge in [-0.3, -0.25) is 9.59 Å². The number of piperazine rings is 1. The van der Waals surface area contributed by atoms with E-state index in [1.807, 2.05) is 42.5 Å². The number of rotatable bonds is 7. The number of thiophene rings is 1. The Hall–Kier alpha value is -2.14. The fourth-order valence-electron chi connectivity index (χ4n) is 3.42. The van der Waals surface area contributed by atoms with Crippen LogP contribution in [0.2, 0.25) is 0 Å². The minimum atomic E-state index is -0.113. The Morgan fingerprint density at radius 1 is 1.25 bits per heavy atom. The van der Waals surface area contributed by atoms with Crippen LogP contribution in [0.15, 0.2) is 41.4 Å². The number of halogens is 1. The zero-order valence-corrected chi connectivity index (χ0v) is 22.0. The SMILES string of the molecule is CCNC(=NCc1ccc(C(=O)N2CCNC(=O)C2)cc1)NC(C)Cc1ccc(C)s1.I. The maximum absolute atomic E-state index is 12.6. The number of benzene rings is 1. The summed E-state index contributed by atoms with van der Waals surface area (Å²) < 4.78 is 0. The summed E-state index contributed by atoms with van der Waals surface area (Å²) in [5.41, 5.74) is 1.61. The molecule has 1 aliphatic heterocycles. The third-order valence-electron chi connectivity index (χ3n) is 4.98. The summed E-state index contributed by atoms with van der Waals surface area (Å²) in [6, 6.07) is 12.0. The predicted octanol–water partition coefficient (Wildman–Crippen LogP) is 2.93. The van der Waals surface area contributed by atoms with E-state index in [0.717, 1.165) is 24.5 Å². The molecule has 0 aliphatic carbocycles. The van der Waals surface area contributed by atoms with Crippen molar-refractivity contribution in [3.8, 4) is 0 Å². The molecule has 2 amide bonds. The van der Waals surface area contributed by atoms with Gasteiger partial charge in [0.05, 0.1) is 13.1 Å². The van der Waals surface area contributed by atoms with Gasteiger partial charge in [-0.15, -0.1) is 35.3 Å². The highest BCUT2D eigenvalue weighted by atomic mass is 127. The van der Waals surface area contributed by atoms with Gasteiger partial charge in [0.25, 0.3) is 5.91 Å². The van der Waals surface area contributed by atoms with Crippen LogP contribution < -0.4 is 16.0 Å². The first-order valence-corrected chi connectivity index (χ1v) is 11.5. The Morgan fingerprint density at radius 2 is 2.00 bits per heavy atom. The van der Waals surface area contributed by atoms with Crippen LogP contribution in [0.3, 0.4) is 0 Å². The fraction of sp³-hybridized carbons (Fsp3) is 0.435. The molecule has 174 valence electrons. The van der Waals surface area contributed by atoms with E-state index >= 15 is 0 Å². The summed E-state index contributed by atoms with van der Waals surface area (Å²) in [6.45, 7) is 8.79. The lowest BCUT2D eigenvalue weighted by atomic mass is 10.1. The first kappa shape index (κ1) is 26.1. The molecular weight excluding hydrogens is 537 g/mol. The Bertz CT molecular complexity index is 929. The van der Waals surface area contributed by atoms with Crippen molar-refractivity contribution in [3.05, 3.63) is 57.3 Å². The minimum absolute atomic E-state index is 0. The van der Waals surface area contributed by atoms with Gasteiger partial charge in [-0.2, -0.15) is 0 Å². The van der Waals surface area contributed by atoms with Gasteiger partial charge in [0, 0.05) is 47.4 Å². The molecule has 1 saturated heterocycles. The minimum Gasteiger partial charge on any atom is -0.357 e. The van der Waals surface area contributed by atoms with Crippen LogP contribution in [0.1, 0.15) is 39.5 Å². The van der Waals surface area contributed by atoms with Gasteiger partial charge in [0.15, 0.2) is 5.96 Å². The largest absolute Gasteiger partial charge is 0.357 e. The van der Waals surface area contributed by atoms with Gasteiger partial charge in [-0.05, 0) is 50.6 Å². The molecule has 1 aromatic carbocycles. The van der Waals surface area contributed by atoms with Crippen molar-refractivity contribution >= 4 is 53.1 Å². The highest BCUT2D eigenvalue weighted by molar-refractivity contribution is 14.0. The summed E-state index contributed by atoms with van der Waals surface area (Å²) >= 11 is 1.83. The van der Waals surface area contributed by atoms with E-state index in [1.54, 1.807) is 4.90 Å². The average molecular weight is 570 g/mol. The van der Waals surface area contributed by atoms with Crippen molar-refractivity contribution in [2.75, 3.05) is 26.2 Å². The van der Waals surface area contributed by atoms with Gasteiger partial charge < -0.3 is 20.9 Å². The molecule has 1 atom stereocenters. The second kappa shape index (κ2) is 12.8. The Morgan fingerprint density at radius 3 is 2.62 bits per heavy atom. The molecule has 3 rings (SSSR count). The zero-order chi connectivity index (χ0) is 22.2. The molecule has 1 aliphatic rings. The second-order valence-corrected chi connectivity index (χ2v) is 9.10. The molecule has 2 heterocycles. The van der Waals surface area contributed by atoms with Crippen molar-refractivity contribution in [2.45, 2.75) is 39.8 Å². The molecule has 1 fully saturated rings. The number of carbonyl (C=O) groups excluding carboxylic acids is 2. The third kappa shape index (κ3) is 7.77. The van der Waals surface area contributed by atoms with E-state index in [0.29, 0.717) is 25.2 Å². The van der Waals surface area contributed by atoms with Crippen LogP contribution in [-0.2, 0) is 17.8 Å². The molecule has 9 heteroatoms. The molecule has 1 unspecified atom stereocenters. The topological polar surface area (TPSA) is 85.8 Å². The van der Waals surface area contributed by atoms with E-state index in [9.17, 15) is 9.59 Å². The maximum atomic E-state index is 12.6. The standard InChI is InChI=1S/C23H31N5O2S.HI/c1-4-24-23(27-16(2)13-20-10-5-17(3)31-20)26-14-18-6-8-19(9-7-18)22(30)28-12-11-25-21(29)15-28;/h5-10,16H,4,11-15H2,1-3H3,(H,25,29)(H2,24,26,27);1H. The fourth-order valence-corrected chi connectivity index (χ4v) is 4.44. The molecule has 1 aromatic heterocycles. The summed E-state index contributed by atoms with van der Waals surface area (Å²) in [7, 11) is 0. The van der Waals surface area contributed by atoms with Crippen LogP contribution >= 0.6 is 35.3 Å². The molecule has 0 saturated carbocycles. The lowest BCUT2D eigenvalue weighted by molar-refractivity contribution is -0.123. The van der Waals surface area contributed by atoms with Crippen LogP contribution in [0.4, 0.5) is 0 Å². The lowest BCUT2D eigenvalue weighted by Crippen LogP contribution is -2.49. The van der Waals surface area contributed by atoms with Gasteiger partial charge >= 0.3 is 0 Å². The molecule has 0 radical (unpaired) electrons. The third-order valence-corrected chi connectivity index (χ3v) is 6.00. The Labute approximate surface area is 211 Å². The summed E-state index contributed by atoms with van der Waals surface area (Å²) in [4.78, 5) is 33.1. The first-order valence-electron chi connectivity index (χ1n) is 10.7. The highest BCUT2D eigenvalue weighted by Crippen LogP contribution is 2.16. The van der Waals surface area contributed by atoms with Crippen LogP contribution in [0.5, 0.6) is 0 Å². The number of aryl methyl sites for hydroxylation is 1. The summed E-state index contributed by atoms with van der Waals surface area (Å²) in [6.07, 6.45) is 0.953. The number of hydrogen-bond donors (Lipinski definition) is 3. The number of guanidine groups is 1. The van der Waals surface area contributed by atoms with Gasteiger partial charge in [0.1, 0.15) is 0 Å². The molecule has 3 N–H and O–H groups in total. The van der Waals surface area contributed by atoms with E-state index in [2.05, 4.69) is 41.9 Å². The predicted molar refractivity (Wildman–Crippen MR) is 141 cm³/mol. The molecule has 2 aromatic rings. The van der Waals surface area contributed by atoms with Crippen molar-refractivity contribution in [1.29, 1.82) is 0 Å². The normalized spacial score (nSPS) is 14.9. The summed E-state index contributed by atoms with van der Waals surface area (Å²) in [5.74, 6) is 0.553. The number of carbonyl (C=O) groups is 2. The van der Waals surface area contributed by atoms with E-state index in [4.69, 9.17) is 4.99 Å². The first-order chi connectivity index (χ1) is 14.9. The van der Waals surface area contributed by atoms with Crippen molar-refractivity contribution in [1.82, 2.24) is 20.9 Å². The molecule has 7 nitrogen and oxygen atoms in total. The van der Waals surface area contributed by atoms with E-state index < -0.39 is 0 Å². The van der Waals surface area contributed by atoms with Gasteiger partial charge in [-0.25, -0.2) is 4.99 Å². The Kier molecular flexibility index (Phi) is 10.4. The van der Waals surface area contributed by atoms with Crippen molar-refractivity contribution in [3.63, 3.8) is 0 Å². The average Bonchev–Trinajstić information content (AvgIpc) is 3.16. The molecule has 0 spiro atoms. The van der Waals surface area contributed by atoms with Crippen LogP contribution in [0, 0.1) is 6.92 Å². The number of amides is 2. The highest BCUT2D eigenvalue weighted by Gasteiger charge is 2.22.